The van der Waals surface area contributed by atoms with Crippen LogP contribution in [0.4, 0.5) is 11.7 Å². The summed E-state index contributed by atoms with van der Waals surface area (Å²) in [7, 11) is 0. The molecule has 1 aromatic heterocycles. The number of ether oxygens (including phenoxy) is 1. The zero-order chi connectivity index (χ0) is 18.5. The standard InChI is InChI=1S/C18H22N4O4/c1-3-5-15(23)19-18-21-20-17(26-18)12-10-16(24)22(11-12)13-6-8-14(9-7-13)25-4-2/h6-9,12H,3-5,10-11H2,1-2H3,(H,19,21,23)/t12-/m1/s1. The third-order valence-electron chi connectivity index (χ3n) is 4.10. The number of carbonyl (C=O) groups excluding carboxylic acids is 2. The molecule has 1 fully saturated rings. The molecule has 1 saturated heterocycles. The van der Waals surface area contributed by atoms with Crippen LogP contribution in [0.5, 0.6) is 5.75 Å². The smallest absolute Gasteiger partial charge is 0.322 e. The Bertz CT molecular complexity index is 772. The van der Waals surface area contributed by atoms with E-state index in [9.17, 15) is 9.59 Å². The molecule has 0 radical (unpaired) electrons. The lowest BCUT2D eigenvalue weighted by atomic mass is 10.1. The summed E-state index contributed by atoms with van der Waals surface area (Å²) >= 11 is 0. The number of anilines is 2. The summed E-state index contributed by atoms with van der Waals surface area (Å²) in [6.07, 6.45) is 1.42. The highest BCUT2D eigenvalue weighted by atomic mass is 16.5. The maximum absolute atomic E-state index is 12.4. The predicted molar refractivity (Wildman–Crippen MR) is 95.2 cm³/mol. The minimum Gasteiger partial charge on any atom is -0.494 e. The van der Waals surface area contributed by atoms with Crippen LogP contribution in [0.3, 0.4) is 0 Å². The van der Waals surface area contributed by atoms with Crippen molar-refractivity contribution in [3.8, 4) is 5.75 Å². The number of carbonyl (C=O) groups is 2. The average molecular weight is 358 g/mol. The van der Waals surface area contributed by atoms with Crippen molar-refractivity contribution < 1.29 is 18.7 Å². The van der Waals surface area contributed by atoms with E-state index < -0.39 is 0 Å². The molecule has 2 heterocycles. The van der Waals surface area contributed by atoms with E-state index >= 15 is 0 Å². The molecule has 0 aliphatic carbocycles. The predicted octanol–water partition coefficient (Wildman–Crippen LogP) is 2.73. The second-order valence-electron chi connectivity index (χ2n) is 6.08. The van der Waals surface area contributed by atoms with Gasteiger partial charge in [0, 0.05) is 25.1 Å². The average Bonchev–Trinajstić information content (AvgIpc) is 3.23. The summed E-state index contributed by atoms with van der Waals surface area (Å²) in [5, 5.41) is 10.4. The van der Waals surface area contributed by atoms with Crippen molar-refractivity contribution >= 4 is 23.5 Å². The van der Waals surface area contributed by atoms with Gasteiger partial charge in [-0.25, -0.2) is 0 Å². The molecule has 1 atom stereocenters. The first-order chi connectivity index (χ1) is 12.6. The van der Waals surface area contributed by atoms with Crippen LogP contribution in [0.1, 0.15) is 44.9 Å². The third-order valence-corrected chi connectivity index (χ3v) is 4.10. The number of nitrogens with zero attached hydrogens (tertiary/aromatic N) is 3. The van der Waals surface area contributed by atoms with Gasteiger partial charge in [0.1, 0.15) is 5.75 Å². The second-order valence-corrected chi connectivity index (χ2v) is 6.08. The monoisotopic (exact) mass is 358 g/mol. The summed E-state index contributed by atoms with van der Waals surface area (Å²) in [6, 6.07) is 7.47. The van der Waals surface area contributed by atoms with Crippen molar-refractivity contribution in [2.24, 2.45) is 0 Å². The first-order valence-corrected chi connectivity index (χ1v) is 8.77. The molecule has 26 heavy (non-hydrogen) atoms. The Kier molecular flexibility index (Phi) is 5.50. The zero-order valence-corrected chi connectivity index (χ0v) is 14.9. The summed E-state index contributed by atoms with van der Waals surface area (Å²) in [6.45, 7) is 4.89. The van der Waals surface area contributed by atoms with Gasteiger partial charge in [-0.05, 0) is 37.6 Å². The normalized spacial score (nSPS) is 16.8. The van der Waals surface area contributed by atoms with Crippen molar-refractivity contribution in [2.45, 2.75) is 39.0 Å². The van der Waals surface area contributed by atoms with Crippen LogP contribution in [-0.2, 0) is 9.59 Å². The van der Waals surface area contributed by atoms with Gasteiger partial charge >= 0.3 is 6.01 Å². The van der Waals surface area contributed by atoms with Crippen molar-refractivity contribution in [1.82, 2.24) is 10.2 Å². The van der Waals surface area contributed by atoms with Gasteiger partial charge in [-0.15, -0.1) is 5.10 Å². The highest BCUT2D eigenvalue weighted by Crippen LogP contribution is 2.32. The van der Waals surface area contributed by atoms with Crippen LogP contribution in [0.2, 0.25) is 0 Å². The molecule has 0 unspecified atom stereocenters. The van der Waals surface area contributed by atoms with Crippen LogP contribution in [-0.4, -0.2) is 35.2 Å². The molecule has 0 bridgehead atoms. The van der Waals surface area contributed by atoms with E-state index in [-0.39, 0.29) is 30.2 Å². The zero-order valence-electron chi connectivity index (χ0n) is 14.9. The summed E-state index contributed by atoms with van der Waals surface area (Å²) in [5.41, 5.74) is 0.803. The van der Waals surface area contributed by atoms with Crippen molar-refractivity contribution in [3.63, 3.8) is 0 Å². The molecule has 1 aliphatic rings. The van der Waals surface area contributed by atoms with Crippen molar-refractivity contribution in [1.29, 1.82) is 0 Å². The molecule has 1 aliphatic heterocycles. The Morgan fingerprint density at radius 1 is 1.31 bits per heavy atom. The molecule has 0 spiro atoms. The van der Waals surface area contributed by atoms with Crippen LogP contribution >= 0.6 is 0 Å². The lowest BCUT2D eigenvalue weighted by Crippen LogP contribution is -2.24. The van der Waals surface area contributed by atoms with E-state index in [4.69, 9.17) is 9.15 Å². The van der Waals surface area contributed by atoms with Crippen LogP contribution in [0.15, 0.2) is 28.7 Å². The minimum atomic E-state index is -0.196. The van der Waals surface area contributed by atoms with E-state index in [0.717, 1.165) is 17.9 Å². The van der Waals surface area contributed by atoms with Gasteiger partial charge in [0.15, 0.2) is 0 Å². The lowest BCUT2D eigenvalue weighted by molar-refractivity contribution is -0.117. The lowest BCUT2D eigenvalue weighted by Gasteiger charge is -2.16. The fourth-order valence-corrected chi connectivity index (χ4v) is 2.87. The highest BCUT2D eigenvalue weighted by Gasteiger charge is 2.35. The number of rotatable bonds is 7. The first kappa shape index (κ1) is 17.9. The van der Waals surface area contributed by atoms with Gasteiger partial charge in [-0.2, -0.15) is 0 Å². The third kappa shape index (κ3) is 4.01. The molecule has 1 aromatic carbocycles. The number of amides is 2. The maximum Gasteiger partial charge on any atom is 0.322 e. The second kappa shape index (κ2) is 7.99. The molecular formula is C18H22N4O4. The van der Waals surface area contributed by atoms with E-state index in [1.54, 1.807) is 4.90 Å². The van der Waals surface area contributed by atoms with E-state index in [0.29, 0.717) is 25.5 Å². The fourth-order valence-electron chi connectivity index (χ4n) is 2.87. The maximum atomic E-state index is 12.4. The summed E-state index contributed by atoms with van der Waals surface area (Å²) in [4.78, 5) is 25.7. The van der Waals surface area contributed by atoms with Crippen LogP contribution in [0.25, 0.3) is 0 Å². The number of benzene rings is 1. The number of aromatic nitrogens is 2. The highest BCUT2D eigenvalue weighted by molar-refractivity contribution is 5.96. The Morgan fingerprint density at radius 2 is 2.08 bits per heavy atom. The molecular weight excluding hydrogens is 336 g/mol. The fraction of sp³-hybridized carbons (Fsp3) is 0.444. The van der Waals surface area contributed by atoms with Crippen LogP contribution in [0, 0.1) is 0 Å². The largest absolute Gasteiger partial charge is 0.494 e. The van der Waals surface area contributed by atoms with Crippen molar-refractivity contribution in [3.05, 3.63) is 30.2 Å². The molecule has 2 aromatic rings. The topological polar surface area (TPSA) is 97.6 Å². The Morgan fingerprint density at radius 3 is 2.77 bits per heavy atom. The molecule has 3 rings (SSSR count). The number of nitrogens with one attached hydrogen (secondary N) is 1. The molecule has 138 valence electrons. The number of hydrogen-bond donors (Lipinski definition) is 1. The van der Waals surface area contributed by atoms with E-state index in [2.05, 4.69) is 15.5 Å². The van der Waals surface area contributed by atoms with Gasteiger partial charge in [0.05, 0.1) is 12.5 Å². The number of hydrogen-bond acceptors (Lipinski definition) is 6. The van der Waals surface area contributed by atoms with Gasteiger partial charge in [-0.1, -0.05) is 12.0 Å². The molecule has 2 amide bonds. The van der Waals surface area contributed by atoms with Gasteiger partial charge < -0.3 is 14.1 Å². The summed E-state index contributed by atoms with van der Waals surface area (Å²) in [5.74, 6) is 0.760. The summed E-state index contributed by atoms with van der Waals surface area (Å²) < 4.78 is 10.9. The molecule has 0 saturated carbocycles. The Balaban J connectivity index is 1.66. The molecule has 1 N–H and O–H groups in total. The quantitative estimate of drug-likeness (QED) is 0.817. The SMILES string of the molecule is CCCC(=O)Nc1nnc([C@@H]2CC(=O)N(c3ccc(OCC)cc3)C2)o1. The minimum absolute atomic E-state index is 0.00562. The van der Waals surface area contributed by atoms with Gasteiger partial charge in [0.25, 0.3) is 0 Å². The van der Waals surface area contributed by atoms with Crippen LogP contribution < -0.4 is 15.0 Å². The van der Waals surface area contributed by atoms with E-state index in [1.807, 2.05) is 38.1 Å². The van der Waals surface area contributed by atoms with E-state index in [1.165, 1.54) is 0 Å². The van der Waals surface area contributed by atoms with Crippen molar-refractivity contribution in [2.75, 3.05) is 23.4 Å². The molecule has 8 heteroatoms. The van der Waals surface area contributed by atoms with Gasteiger partial charge in [-0.3, -0.25) is 14.9 Å². The van der Waals surface area contributed by atoms with Gasteiger partial charge in [0.2, 0.25) is 17.7 Å². The molecule has 8 nitrogen and oxygen atoms in total. The first-order valence-electron chi connectivity index (χ1n) is 8.77. The Hall–Kier alpha value is -2.90. The Labute approximate surface area is 151 Å².